The van der Waals surface area contributed by atoms with Gasteiger partial charge in [-0.2, -0.15) is 0 Å². The number of nitrogens with one attached hydrogen (secondary N) is 1. The standard InChI is InChI=1S/C14H32N4O/c1-6-16-14(19)9-13(10-15)18(11-12(2)3)8-7-17(4)5/h12-13H,6-11,15H2,1-5H3,(H,16,19). The number of amides is 1. The number of carbonyl (C=O) groups excluding carboxylic acids is 1. The normalized spacial score (nSPS) is 13.3. The molecule has 3 N–H and O–H groups in total. The lowest BCUT2D eigenvalue weighted by Crippen LogP contribution is -2.47. The Balaban J connectivity index is 4.51. The first kappa shape index (κ1) is 18.4. The van der Waals surface area contributed by atoms with Crippen LogP contribution in [-0.2, 0) is 4.79 Å². The Bertz CT molecular complexity index is 244. The smallest absolute Gasteiger partial charge is 0.221 e. The molecule has 0 aromatic rings. The molecular formula is C14H32N4O. The SMILES string of the molecule is CCNC(=O)CC(CN)N(CCN(C)C)CC(C)C. The van der Waals surface area contributed by atoms with Gasteiger partial charge >= 0.3 is 0 Å². The van der Waals surface area contributed by atoms with Crippen molar-refractivity contribution in [1.29, 1.82) is 0 Å². The second kappa shape index (κ2) is 10.2. The third-order valence-corrected chi connectivity index (χ3v) is 3.02. The summed E-state index contributed by atoms with van der Waals surface area (Å²) in [5, 5.41) is 2.85. The van der Waals surface area contributed by atoms with Gasteiger partial charge in [-0.15, -0.1) is 0 Å². The summed E-state index contributed by atoms with van der Waals surface area (Å²) in [7, 11) is 4.13. The first-order valence-electron chi connectivity index (χ1n) is 7.26. The first-order chi connectivity index (χ1) is 8.90. The van der Waals surface area contributed by atoms with Gasteiger partial charge in [-0.05, 0) is 26.9 Å². The summed E-state index contributed by atoms with van der Waals surface area (Å²) in [4.78, 5) is 16.2. The zero-order valence-electron chi connectivity index (χ0n) is 13.3. The molecule has 0 aliphatic rings. The predicted molar refractivity (Wildman–Crippen MR) is 81.1 cm³/mol. The van der Waals surface area contributed by atoms with Crippen LogP contribution >= 0.6 is 0 Å². The molecule has 0 spiro atoms. The molecule has 0 aromatic carbocycles. The lowest BCUT2D eigenvalue weighted by molar-refractivity contribution is -0.122. The van der Waals surface area contributed by atoms with E-state index in [1.165, 1.54) is 0 Å². The largest absolute Gasteiger partial charge is 0.356 e. The number of nitrogens with zero attached hydrogens (tertiary/aromatic N) is 2. The van der Waals surface area contributed by atoms with Crippen LogP contribution < -0.4 is 11.1 Å². The van der Waals surface area contributed by atoms with Gasteiger partial charge in [-0.1, -0.05) is 13.8 Å². The third-order valence-electron chi connectivity index (χ3n) is 3.02. The Morgan fingerprint density at radius 3 is 2.32 bits per heavy atom. The fourth-order valence-electron chi connectivity index (χ4n) is 2.07. The third kappa shape index (κ3) is 8.97. The Morgan fingerprint density at radius 1 is 1.26 bits per heavy atom. The van der Waals surface area contributed by atoms with Gasteiger partial charge < -0.3 is 16.0 Å². The fraction of sp³-hybridized carbons (Fsp3) is 0.929. The molecule has 0 bridgehead atoms. The van der Waals surface area contributed by atoms with E-state index in [9.17, 15) is 4.79 Å². The van der Waals surface area contributed by atoms with Crippen LogP contribution in [0, 0.1) is 5.92 Å². The maximum atomic E-state index is 11.7. The van der Waals surface area contributed by atoms with Gasteiger partial charge in [-0.3, -0.25) is 9.69 Å². The lowest BCUT2D eigenvalue weighted by atomic mass is 10.1. The van der Waals surface area contributed by atoms with Crippen molar-refractivity contribution in [3.63, 3.8) is 0 Å². The van der Waals surface area contributed by atoms with Crippen molar-refractivity contribution >= 4 is 5.91 Å². The van der Waals surface area contributed by atoms with E-state index in [0.717, 1.165) is 19.6 Å². The van der Waals surface area contributed by atoms with E-state index in [4.69, 9.17) is 5.73 Å². The molecule has 0 heterocycles. The summed E-state index contributed by atoms with van der Waals surface area (Å²) in [5.41, 5.74) is 5.86. The second-order valence-corrected chi connectivity index (χ2v) is 5.74. The van der Waals surface area contributed by atoms with E-state index in [-0.39, 0.29) is 11.9 Å². The Labute approximate surface area is 118 Å². The quantitative estimate of drug-likeness (QED) is 0.603. The van der Waals surface area contributed by atoms with Crippen LogP contribution in [0.5, 0.6) is 0 Å². The van der Waals surface area contributed by atoms with Crippen LogP contribution in [0.2, 0.25) is 0 Å². The molecule has 0 fully saturated rings. The number of carbonyl (C=O) groups is 1. The number of nitrogens with two attached hydrogens (primary N) is 1. The summed E-state index contributed by atoms with van der Waals surface area (Å²) in [6.07, 6.45) is 0.491. The van der Waals surface area contributed by atoms with Crippen LogP contribution in [0.1, 0.15) is 27.2 Å². The van der Waals surface area contributed by atoms with Gasteiger partial charge in [0.05, 0.1) is 0 Å². The average Bonchev–Trinajstić information content (AvgIpc) is 2.31. The van der Waals surface area contributed by atoms with E-state index < -0.39 is 0 Å². The van der Waals surface area contributed by atoms with Gasteiger partial charge in [-0.25, -0.2) is 0 Å². The maximum Gasteiger partial charge on any atom is 0.221 e. The molecule has 19 heavy (non-hydrogen) atoms. The molecule has 1 unspecified atom stereocenters. The molecule has 1 amide bonds. The van der Waals surface area contributed by atoms with E-state index in [0.29, 0.717) is 25.4 Å². The zero-order valence-corrected chi connectivity index (χ0v) is 13.3. The van der Waals surface area contributed by atoms with E-state index >= 15 is 0 Å². The highest BCUT2D eigenvalue weighted by Gasteiger charge is 2.20. The molecule has 114 valence electrons. The van der Waals surface area contributed by atoms with Crippen LogP contribution in [0.3, 0.4) is 0 Å². The topological polar surface area (TPSA) is 61.6 Å². The molecule has 5 heteroatoms. The van der Waals surface area contributed by atoms with Gasteiger partial charge in [0, 0.05) is 45.2 Å². The van der Waals surface area contributed by atoms with Crippen molar-refractivity contribution < 1.29 is 4.79 Å². The Hall–Kier alpha value is -0.650. The molecule has 0 aliphatic carbocycles. The molecule has 0 radical (unpaired) electrons. The number of hydrogen-bond acceptors (Lipinski definition) is 4. The zero-order chi connectivity index (χ0) is 14.8. The molecule has 0 saturated carbocycles. The Kier molecular flexibility index (Phi) is 9.83. The minimum Gasteiger partial charge on any atom is -0.356 e. The van der Waals surface area contributed by atoms with Crippen molar-refractivity contribution in [3.05, 3.63) is 0 Å². The van der Waals surface area contributed by atoms with Crippen molar-refractivity contribution in [2.45, 2.75) is 33.2 Å². The van der Waals surface area contributed by atoms with Crippen LogP contribution in [0.25, 0.3) is 0 Å². The molecule has 1 atom stereocenters. The minimum absolute atomic E-state index is 0.0940. The molecular weight excluding hydrogens is 240 g/mol. The fourth-order valence-corrected chi connectivity index (χ4v) is 2.07. The number of hydrogen-bond donors (Lipinski definition) is 2. The van der Waals surface area contributed by atoms with Crippen molar-refractivity contribution in [3.8, 4) is 0 Å². The van der Waals surface area contributed by atoms with Crippen LogP contribution in [0.15, 0.2) is 0 Å². The molecule has 0 saturated heterocycles. The lowest BCUT2D eigenvalue weighted by Gasteiger charge is -2.32. The van der Waals surface area contributed by atoms with Crippen molar-refractivity contribution in [2.75, 3.05) is 46.8 Å². The molecule has 0 rings (SSSR count). The summed E-state index contributed by atoms with van der Waals surface area (Å²) in [6, 6.07) is 0.133. The molecule has 0 aromatic heterocycles. The van der Waals surface area contributed by atoms with Gasteiger partial charge in [0.1, 0.15) is 0 Å². The number of likely N-dealkylation sites (N-methyl/N-ethyl adjacent to an activating group) is 1. The van der Waals surface area contributed by atoms with Gasteiger partial charge in [0.25, 0.3) is 0 Å². The van der Waals surface area contributed by atoms with Crippen LogP contribution in [0.4, 0.5) is 0 Å². The van der Waals surface area contributed by atoms with Crippen molar-refractivity contribution in [2.24, 2.45) is 11.7 Å². The van der Waals surface area contributed by atoms with E-state index in [1.54, 1.807) is 0 Å². The van der Waals surface area contributed by atoms with E-state index in [1.807, 2.05) is 6.92 Å². The van der Waals surface area contributed by atoms with E-state index in [2.05, 4.69) is 43.1 Å². The van der Waals surface area contributed by atoms with Gasteiger partial charge in [0.2, 0.25) is 5.91 Å². The van der Waals surface area contributed by atoms with Crippen molar-refractivity contribution in [1.82, 2.24) is 15.1 Å². The monoisotopic (exact) mass is 272 g/mol. The minimum atomic E-state index is 0.0940. The highest BCUT2D eigenvalue weighted by atomic mass is 16.1. The predicted octanol–water partition coefficient (Wildman–Crippen LogP) is 0.360. The summed E-state index contributed by atoms with van der Waals surface area (Å²) in [5.74, 6) is 0.669. The first-order valence-corrected chi connectivity index (χ1v) is 7.26. The Morgan fingerprint density at radius 2 is 1.89 bits per heavy atom. The summed E-state index contributed by atoms with van der Waals surface area (Å²) >= 11 is 0. The van der Waals surface area contributed by atoms with Crippen LogP contribution in [-0.4, -0.2) is 68.6 Å². The average molecular weight is 272 g/mol. The number of rotatable bonds is 10. The molecule has 5 nitrogen and oxygen atoms in total. The molecule has 0 aliphatic heterocycles. The highest BCUT2D eigenvalue weighted by molar-refractivity contribution is 5.76. The van der Waals surface area contributed by atoms with Gasteiger partial charge in [0.15, 0.2) is 0 Å². The summed E-state index contributed by atoms with van der Waals surface area (Å²) < 4.78 is 0. The summed E-state index contributed by atoms with van der Waals surface area (Å²) in [6.45, 7) is 10.5. The maximum absolute atomic E-state index is 11.7. The highest BCUT2D eigenvalue weighted by Crippen LogP contribution is 2.07. The second-order valence-electron chi connectivity index (χ2n) is 5.74.